The minimum atomic E-state index is -4.59. The summed E-state index contributed by atoms with van der Waals surface area (Å²) in [5.41, 5.74) is 0.426. The van der Waals surface area contributed by atoms with Crippen molar-refractivity contribution in [3.63, 3.8) is 0 Å². The van der Waals surface area contributed by atoms with Gasteiger partial charge in [0.1, 0.15) is 0 Å². The second kappa shape index (κ2) is 7.27. The van der Waals surface area contributed by atoms with E-state index in [2.05, 4.69) is 0 Å². The molecule has 166 valence electrons. The van der Waals surface area contributed by atoms with Crippen molar-refractivity contribution in [3.8, 4) is 0 Å². The van der Waals surface area contributed by atoms with E-state index in [0.29, 0.717) is 18.5 Å². The minimum absolute atomic E-state index is 0.102. The average molecular weight is 442 g/mol. The van der Waals surface area contributed by atoms with Crippen LogP contribution in [0, 0.1) is 18.8 Å². The zero-order chi connectivity index (χ0) is 22.8. The summed E-state index contributed by atoms with van der Waals surface area (Å²) < 4.78 is 39.6. The third kappa shape index (κ3) is 3.08. The molecule has 3 aliphatic heterocycles. The number of alkyl halides is 3. The van der Waals surface area contributed by atoms with Crippen LogP contribution >= 0.6 is 0 Å². The van der Waals surface area contributed by atoms with Crippen LogP contribution in [-0.4, -0.2) is 41.1 Å². The van der Waals surface area contributed by atoms with Crippen LogP contribution < -0.4 is 4.90 Å². The van der Waals surface area contributed by atoms with Crippen LogP contribution in [0.25, 0.3) is 0 Å². The maximum absolute atomic E-state index is 13.5. The normalized spacial score (nSPS) is 27.7. The fraction of sp³-hybridized carbons (Fsp3) is 0.375. The highest BCUT2D eigenvalue weighted by atomic mass is 19.4. The quantitative estimate of drug-likeness (QED) is 0.535. The number of anilines is 1. The van der Waals surface area contributed by atoms with Gasteiger partial charge in [-0.3, -0.25) is 19.3 Å². The first-order valence-electron chi connectivity index (χ1n) is 10.6. The molecule has 2 aromatic carbocycles. The molecule has 0 saturated carbocycles. The topological polar surface area (TPSA) is 57.7 Å². The Morgan fingerprint density at radius 1 is 1.00 bits per heavy atom. The maximum Gasteiger partial charge on any atom is 0.416 e. The number of benzene rings is 2. The van der Waals surface area contributed by atoms with E-state index >= 15 is 0 Å². The maximum atomic E-state index is 13.5. The molecule has 0 aliphatic carbocycles. The van der Waals surface area contributed by atoms with Crippen molar-refractivity contribution in [3.05, 3.63) is 65.2 Å². The van der Waals surface area contributed by atoms with Crippen molar-refractivity contribution in [1.29, 1.82) is 0 Å². The Morgan fingerprint density at radius 3 is 2.38 bits per heavy atom. The summed E-state index contributed by atoms with van der Waals surface area (Å²) >= 11 is 0. The number of aryl methyl sites for hydroxylation is 1. The number of carbonyl (C=O) groups excluding carboxylic acids is 3. The first-order valence-corrected chi connectivity index (χ1v) is 10.6. The summed E-state index contributed by atoms with van der Waals surface area (Å²) in [6.45, 7) is 2.52. The number of ketones is 1. The number of rotatable bonds is 3. The molecular formula is C24H21F3N2O3. The standard InChI is InChI=1S/C24H21F3N2O3/c1-13-7-9-14(10-8-13)21(30)20-19-18(17-6-3-11-28(17)20)22(31)29(23(19)32)16-5-2-4-15(12-16)24(25,26)27/h2,4-5,7-10,12,17-20H,3,6,11H2,1H3/t17-,18-,19+,20-/m1/s1. The second-order valence-corrected chi connectivity index (χ2v) is 8.73. The van der Waals surface area contributed by atoms with Crippen molar-refractivity contribution in [1.82, 2.24) is 4.90 Å². The van der Waals surface area contributed by atoms with Gasteiger partial charge in [0.05, 0.1) is 29.1 Å². The number of hydrogen-bond acceptors (Lipinski definition) is 4. The van der Waals surface area contributed by atoms with Crippen molar-refractivity contribution >= 4 is 23.3 Å². The molecule has 5 rings (SSSR count). The Morgan fingerprint density at radius 2 is 1.69 bits per heavy atom. The summed E-state index contributed by atoms with van der Waals surface area (Å²) in [6.07, 6.45) is -3.12. The molecule has 0 bridgehead atoms. The van der Waals surface area contributed by atoms with Crippen LogP contribution in [0.2, 0.25) is 0 Å². The SMILES string of the molecule is Cc1ccc(C(=O)[C@H]2[C@H]3C(=O)N(c4cccc(C(F)(F)F)c4)C(=O)[C@@H]3[C@H]3CCCN32)cc1. The fourth-order valence-corrected chi connectivity index (χ4v) is 5.48. The van der Waals surface area contributed by atoms with E-state index in [4.69, 9.17) is 0 Å². The Bertz CT molecular complexity index is 1110. The summed E-state index contributed by atoms with van der Waals surface area (Å²) in [5.74, 6) is -2.96. The highest BCUT2D eigenvalue weighted by Crippen LogP contribution is 2.48. The number of Topliss-reactive ketones (excluding diaryl/α,β-unsaturated/α-hetero) is 1. The summed E-state index contributed by atoms with van der Waals surface area (Å²) in [7, 11) is 0. The van der Waals surface area contributed by atoms with Gasteiger partial charge in [0.25, 0.3) is 0 Å². The Labute approximate surface area is 182 Å². The number of hydrogen-bond donors (Lipinski definition) is 0. The molecule has 3 fully saturated rings. The van der Waals surface area contributed by atoms with Crippen LogP contribution in [-0.2, 0) is 15.8 Å². The van der Waals surface area contributed by atoms with Gasteiger partial charge in [-0.25, -0.2) is 4.90 Å². The van der Waals surface area contributed by atoms with Crippen molar-refractivity contribution < 1.29 is 27.6 Å². The average Bonchev–Trinajstić information content (AvgIpc) is 3.39. The van der Waals surface area contributed by atoms with E-state index in [1.54, 1.807) is 12.1 Å². The predicted octanol–water partition coefficient (Wildman–Crippen LogP) is 3.85. The minimum Gasteiger partial charge on any atom is -0.292 e. The fourth-order valence-electron chi connectivity index (χ4n) is 5.48. The number of imide groups is 1. The Hall–Kier alpha value is -3.00. The van der Waals surface area contributed by atoms with Gasteiger partial charge in [-0.05, 0) is 44.5 Å². The van der Waals surface area contributed by atoms with Gasteiger partial charge in [-0.2, -0.15) is 13.2 Å². The van der Waals surface area contributed by atoms with Crippen molar-refractivity contribution in [2.45, 2.75) is 38.0 Å². The third-order valence-electron chi connectivity index (χ3n) is 6.89. The van der Waals surface area contributed by atoms with Gasteiger partial charge in [0.15, 0.2) is 5.78 Å². The number of halogens is 3. The van der Waals surface area contributed by atoms with E-state index in [0.717, 1.165) is 29.0 Å². The zero-order valence-corrected chi connectivity index (χ0v) is 17.3. The summed E-state index contributed by atoms with van der Waals surface area (Å²) in [6, 6.07) is 10.2. The Balaban J connectivity index is 1.54. The van der Waals surface area contributed by atoms with Gasteiger partial charge < -0.3 is 0 Å². The first-order chi connectivity index (χ1) is 15.2. The molecule has 0 N–H and O–H groups in total. The molecule has 32 heavy (non-hydrogen) atoms. The molecule has 5 nitrogen and oxygen atoms in total. The number of fused-ring (bicyclic) bond motifs is 3. The van der Waals surface area contributed by atoms with Crippen LogP contribution in [0.15, 0.2) is 48.5 Å². The molecule has 3 aliphatic rings. The lowest BCUT2D eigenvalue weighted by molar-refractivity contribution is -0.137. The second-order valence-electron chi connectivity index (χ2n) is 8.73. The van der Waals surface area contributed by atoms with Crippen LogP contribution in [0.1, 0.15) is 34.3 Å². The van der Waals surface area contributed by atoms with E-state index in [-0.39, 0.29) is 17.5 Å². The molecule has 8 heteroatoms. The molecular weight excluding hydrogens is 421 g/mol. The van der Waals surface area contributed by atoms with Crippen LogP contribution in [0.3, 0.4) is 0 Å². The molecule has 0 aromatic heterocycles. The first kappa shape index (κ1) is 20.9. The van der Waals surface area contributed by atoms with E-state index in [9.17, 15) is 27.6 Å². The smallest absolute Gasteiger partial charge is 0.292 e. The van der Waals surface area contributed by atoms with Gasteiger partial charge in [-0.15, -0.1) is 0 Å². The lowest BCUT2D eigenvalue weighted by Crippen LogP contribution is -2.46. The van der Waals surface area contributed by atoms with Gasteiger partial charge in [0, 0.05) is 11.6 Å². The molecule has 2 aromatic rings. The van der Waals surface area contributed by atoms with Crippen molar-refractivity contribution in [2.24, 2.45) is 11.8 Å². The lowest BCUT2D eigenvalue weighted by Gasteiger charge is -2.27. The van der Waals surface area contributed by atoms with Gasteiger partial charge in [0.2, 0.25) is 11.8 Å². The van der Waals surface area contributed by atoms with E-state index in [1.165, 1.54) is 12.1 Å². The van der Waals surface area contributed by atoms with E-state index in [1.807, 2.05) is 24.0 Å². The van der Waals surface area contributed by atoms with E-state index < -0.39 is 41.4 Å². The molecule has 3 heterocycles. The van der Waals surface area contributed by atoms with Crippen LogP contribution in [0.4, 0.5) is 18.9 Å². The largest absolute Gasteiger partial charge is 0.416 e. The van der Waals surface area contributed by atoms with Gasteiger partial charge >= 0.3 is 6.18 Å². The van der Waals surface area contributed by atoms with Crippen molar-refractivity contribution in [2.75, 3.05) is 11.4 Å². The molecule has 0 spiro atoms. The highest BCUT2D eigenvalue weighted by molar-refractivity contribution is 6.24. The Kier molecular flexibility index (Phi) is 4.74. The summed E-state index contributed by atoms with van der Waals surface area (Å²) in [5, 5.41) is 0. The predicted molar refractivity (Wildman–Crippen MR) is 110 cm³/mol. The van der Waals surface area contributed by atoms with Crippen LogP contribution in [0.5, 0.6) is 0 Å². The monoisotopic (exact) mass is 442 g/mol. The lowest BCUT2D eigenvalue weighted by atomic mass is 9.85. The number of amides is 2. The number of nitrogens with zero attached hydrogens (tertiary/aromatic N) is 2. The zero-order valence-electron chi connectivity index (χ0n) is 17.3. The molecule has 3 saturated heterocycles. The number of carbonyl (C=O) groups is 3. The third-order valence-corrected chi connectivity index (χ3v) is 6.89. The summed E-state index contributed by atoms with van der Waals surface area (Å²) in [4.78, 5) is 43.0. The molecule has 0 radical (unpaired) electrons. The highest BCUT2D eigenvalue weighted by Gasteiger charge is 2.64. The molecule has 0 unspecified atom stereocenters. The molecule has 2 amide bonds. The van der Waals surface area contributed by atoms with Gasteiger partial charge in [-0.1, -0.05) is 35.9 Å². The molecule has 4 atom stereocenters.